The summed E-state index contributed by atoms with van der Waals surface area (Å²) in [5.74, 6) is 0.858. The van der Waals surface area contributed by atoms with Crippen molar-refractivity contribution in [2.24, 2.45) is 0 Å². The maximum atomic E-state index is 13.6. The number of nitrogens with zero attached hydrogens (tertiary/aromatic N) is 4. The molecule has 1 aliphatic rings. The zero-order valence-corrected chi connectivity index (χ0v) is 18.0. The average molecular weight is 449 g/mol. The fraction of sp³-hybridized carbons (Fsp3) is 0.167. The average Bonchev–Trinajstić information content (AvgIpc) is 2.84. The molecule has 5 rings (SSSR count). The Morgan fingerprint density at radius 1 is 0.781 bits per heavy atom. The Hall–Kier alpha value is -3.36. The van der Waals surface area contributed by atoms with E-state index < -0.39 is 15.8 Å². The van der Waals surface area contributed by atoms with Crippen molar-refractivity contribution in [1.82, 2.24) is 14.3 Å². The van der Waals surface area contributed by atoms with E-state index in [1.807, 2.05) is 54.6 Å². The topological polar surface area (TPSA) is 66.4 Å². The summed E-state index contributed by atoms with van der Waals surface area (Å²) in [7, 11) is -3.75. The minimum atomic E-state index is -3.75. The van der Waals surface area contributed by atoms with Gasteiger partial charge in [0.15, 0.2) is 5.82 Å². The van der Waals surface area contributed by atoms with Gasteiger partial charge in [-0.25, -0.2) is 22.8 Å². The third-order valence-electron chi connectivity index (χ3n) is 5.59. The van der Waals surface area contributed by atoms with E-state index in [4.69, 9.17) is 9.97 Å². The molecular formula is C24H21FN4O2S. The maximum Gasteiger partial charge on any atom is 0.243 e. The van der Waals surface area contributed by atoms with Crippen molar-refractivity contribution in [3.63, 3.8) is 0 Å². The van der Waals surface area contributed by atoms with Gasteiger partial charge in [0.1, 0.15) is 11.6 Å². The number of anilines is 1. The Morgan fingerprint density at radius 3 is 2.25 bits per heavy atom. The molecule has 0 atom stereocenters. The Morgan fingerprint density at radius 2 is 1.50 bits per heavy atom. The summed E-state index contributed by atoms with van der Waals surface area (Å²) in [6.07, 6.45) is 0. The van der Waals surface area contributed by atoms with E-state index in [2.05, 4.69) is 4.90 Å². The molecular weight excluding hydrogens is 427 g/mol. The van der Waals surface area contributed by atoms with Gasteiger partial charge in [0.25, 0.3) is 0 Å². The van der Waals surface area contributed by atoms with Crippen molar-refractivity contribution in [2.75, 3.05) is 31.1 Å². The van der Waals surface area contributed by atoms with Gasteiger partial charge in [0.05, 0.1) is 10.4 Å². The lowest BCUT2D eigenvalue weighted by atomic mass is 10.1. The summed E-state index contributed by atoms with van der Waals surface area (Å²) < 4.78 is 40.9. The van der Waals surface area contributed by atoms with Gasteiger partial charge < -0.3 is 4.90 Å². The molecule has 6 nitrogen and oxygen atoms in total. The van der Waals surface area contributed by atoms with Crippen LogP contribution in [0.15, 0.2) is 83.8 Å². The van der Waals surface area contributed by atoms with Crippen molar-refractivity contribution in [3.05, 3.63) is 84.7 Å². The van der Waals surface area contributed by atoms with Crippen LogP contribution < -0.4 is 4.90 Å². The van der Waals surface area contributed by atoms with Crippen molar-refractivity contribution < 1.29 is 12.8 Å². The third-order valence-corrected chi connectivity index (χ3v) is 7.48. The quantitative estimate of drug-likeness (QED) is 0.473. The number of rotatable bonds is 4. The molecule has 4 aromatic rings. The molecule has 8 heteroatoms. The summed E-state index contributed by atoms with van der Waals surface area (Å²) >= 11 is 0. The zero-order valence-electron chi connectivity index (χ0n) is 17.2. The predicted molar refractivity (Wildman–Crippen MR) is 122 cm³/mol. The van der Waals surface area contributed by atoms with Crippen LogP contribution in [-0.2, 0) is 10.0 Å². The van der Waals surface area contributed by atoms with E-state index in [-0.39, 0.29) is 18.0 Å². The van der Waals surface area contributed by atoms with Gasteiger partial charge in [0, 0.05) is 37.1 Å². The number of fused-ring (bicyclic) bond motifs is 1. The Balaban J connectivity index is 1.45. The number of halogens is 1. The molecule has 1 aromatic heterocycles. The first kappa shape index (κ1) is 20.5. The Kier molecular flexibility index (Phi) is 5.32. The molecule has 162 valence electrons. The van der Waals surface area contributed by atoms with Gasteiger partial charge >= 0.3 is 0 Å². The normalized spacial score (nSPS) is 15.2. The number of aromatic nitrogens is 2. The second-order valence-corrected chi connectivity index (χ2v) is 9.54. The van der Waals surface area contributed by atoms with Crippen LogP contribution in [0.1, 0.15) is 0 Å². The smallest absolute Gasteiger partial charge is 0.243 e. The minimum absolute atomic E-state index is 0.0233. The van der Waals surface area contributed by atoms with Crippen LogP contribution in [0.2, 0.25) is 0 Å². The monoisotopic (exact) mass is 448 g/mol. The predicted octanol–water partition coefficient (Wildman–Crippen LogP) is 3.95. The van der Waals surface area contributed by atoms with Crippen molar-refractivity contribution >= 4 is 26.7 Å². The Labute approximate surface area is 186 Å². The van der Waals surface area contributed by atoms with Gasteiger partial charge in [-0.3, -0.25) is 0 Å². The van der Waals surface area contributed by atoms with Crippen LogP contribution in [0.5, 0.6) is 0 Å². The van der Waals surface area contributed by atoms with Gasteiger partial charge in [0.2, 0.25) is 10.0 Å². The summed E-state index contributed by atoms with van der Waals surface area (Å²) in [6.45, 7) is 1.53. The molecule has 3 aromatic carbocycles. The number of piperazine rings is 1. The van der Waals surface area contributed by atoms with Crippen LogP contribution in [0.25, 0.3) is 22.3 Å². The number of hydrogen-bond donors (Lipinski definition) is 0. The molecule has 0 radical (unpaired) electrons. The molecule has 0 aliphatic carbocycles. The summed E-state index contributed by atoms with van der Waals surface area (Å²) in [5, 5.41) is 0.925. The maximum absolute atomic E-state index is 13.6. The first-order valence-electron chi connectivity index (χ1n) is 10.4. The lowest BCUT2D eigenvalue weighted by Crippen LogP contribution is -2.49. The second kappa shape index (κ2) is 8.29. The fourth-order valence-corrected chi connectivity index (χ4v) is 5.39. The second-order valence-electron chi connectivity index (χ2n) is 7.60. The van der Waals surface area contributed by atoms with Crippen LogP contribution >= 0.6 is 0 Å². The molecule has 0 bridgehead atoms. The van der Waals surface area contributed by atoms with E-state index in [1.165, 1.54) is 22.5 Å². The summed E-state index contributed by atoms with van der Waals surface area (Å²) in [6, 6.07) is 22.7. The minimum Gasteiger partial charge on any atom is -0.353 e. The molecule has 0 unspecified atom stereocenters. The van der Waals surface area contributed by atoms with Gasteiger partial charge in [-0.15, -0.1) is 0 Å². The zero-order chi connectivity index (χ0) is 22.1. The number of sulfonamides is 1. The largest absolute Gasteiger partial charge is 0.353 e. The SMILES string of the molecule is O=S(=O)(c1cccc(F)c1)N1CCN(c2nc(-c3ccccc3)nc3ccccc23)CC1. The number of benzene rings is 3. The third kappa shape index (κ3) is 3.83. The molecule has 1 saturated heterocycles. The van der Waals surface area contributed by atoms with Gasteiger partial charge in [-0.05, 0) is 30.3 Å². The highest BCUT2D eigenvalue weighted by Gasteiger charge is 2.30. The van der Waals surface area contributed by atoms with E-state index in [0.29, 0.717) is 18.9 Å². The highest BCUT2D eigenvalue weighted by molar-refractivity contribution is 7.89. The molecule has 0 spiro atoms. The molecule has 2 heterocycles. The molecule has 1 aliphatic heterocycles. The standard InChI is InChI=1S/C24H21FN4O2S/c25-19-9-6-10-20(17-19)32(30,31)29-15-13-28(14-16-29)24-21-11-4-5-12-22(21)26-23(27-24)18-7-2-1-3-8-18/h1-12,17H,13-16H2. The first-order chi connectivity index (χ1) is 15.5. The van der Waals surface area contributed by atoms with E-state index >= 15 is 0 Å². The fourth-order valence-electron chi connectivity index (χ4n) is 3.93. The molecule has 1 fully saturated rings. The molecule has 0 saturated carbocycles. The lowest BCUT2D eigenvalue weighted by molar-refractivity contribution is 0.384. The van der Waals surface area contributed by atoms with Crippen LogP contribution in [0, 0.1) is 5.82 Å². The lowest BCUT2D eigenvalue weighted by Gasteiger charge is -2.35. The van der Waals surface area contributed by atoms with Gasteiger partial charge in [-0.2, -0.15) is 4.31 Å². The number of para-hydroxylation sites is 1. The summed E-state index contributed by atoms with van der Waals surface area (Å²) in [5.41, 5.74) is 1.76. The van der Waals surface area contributed by atoms with Crippen LogP contribution in [-0.4, -0.2) is 48.9 Å². The van der Waals surface area contributed by atoms with Crippen LogP contribution in [0.3, 0.4) is 0 Å². The van der Waals surface area contributed by atoms with E-state index in [0.717, 1.165) is 28.4 Å². The van der Waals surface area contributed by atoms with Crippen molar-refractivity contribution in [3.8, 4) is 11.4 Å². The van der Waals surface area contributed by atoms with E-state index in [9.17, 15) is 12.8 Å². The van der Waals surface area contributed by atoms with Crippen molar-refractivity contribution in [1.29, 1.82) is 0 Å². The number of hydrogen-bond acceptors (Lipinski definition) is 5. The highest BCUT2D eigenvalue weighted by atomic mass is 32.2. The van der Waals surface area contributed by atoms with Gasteiger partial charge in [-0.1, -0.05) is 48.5 Å². The first-order valence-corrected chi connectivity index (χ1v) is 11.8. The molecule has 0 amide bonds. The van der Waals surface area contributed by atoms with Crippen LogP contribution in [0.4, 0.5) is 10.2 Å². The molecule has 0 N–H and O–H groups in total. The molecule has 32 heavy (non-hydrogen) atoms. The van der Waals surface area contributed by atoms with Crippen molar-refractivity contribution in [2.45, 2.75) is 4.90 Å². The highest BCUT2D eigenvalue weighted by Crippen LogP contribution is 2.29. The van der Waals surface area contributed by atoms with E-state index in [1.54, 1.807) is 0 Å². The Bertz CT molecular complexity index is 1370. The summed E-state index contributed by atoms with van der Waals surface area (Å²) in [4.78, 5) is 11.6.